The van der Waals surface area contributed by atoms with E-state index in [0.29, 0.717) is 31.5 Å². The molecule has 0 unspecified atom stereocenters. The number of hydrogen-bond acceptors (Lipinski definition) is 8. The van der Waals surface area contributed by atoms with E-state index in [0.717, 1.165) is 31.4 Å². The molecule has 1 aliphatic carbocycles. The molecule has 1 aliphatic heterocycles. The van der Waals surface area contributed by atoms with Crippen molar-refractivity contribution < 1.29 is 22.7 Å². The Morgan fingerprint density at radius 2 is 1.97 bits per heavy atom. The molecule has 0 bridgehead atoms. The van der Waals surface area contributed by atoms with Crippen LogP contribution >= 0.6 is 0 Å². The largest absolute Gasteiger partial charge is 0.469 e. The Balaban J connectivity index is 1.99. The third-order valence-corrected chi connectivity index (χ3v) is 5.52. The van der Waals surface area contributed by atoms with Gasteiger partial charge in [0.25, 0.3) is 0 Å². The van der Waals surface area contributed by atoms with Crippen molar-refractivity contribution in [2.75, 3.05) is 23.9 Å². The first-order valence-corrected chi connectivity index (χ1v) is 10.2. The normalized spacial score (nSPS) is 18.4. The summed E-state index contributed by atoms with van der Waals surface area (Å²) < 4.78 is 45.1. The summed E-state index contributed by atoms with van der Waals surface area (Å²) >= 11 is 0. The molecule has 5 N–H and O–H groups in total. The zero-order valence-electron chi connectivity index (χ0n) is 17.3. The maximum absolute atomic E-state index is 13.5. The number of nitrogens with one attached hydrogen (secondary N) is 1. The van der Waals surface area contributed by atoms with Gasteiger partial charge in [0.15, 0.2) is 0 Å². The number of methoxy groups -OCH3 is 1. The van der Waals surface area contributed by atoms with Crippen LogP contribution < -0.4 is 21.7 Å². The minimum Gasteiger partial charge on any atom is -0.469 e. The van der Waals surface area contributed by atoms with E-state index in [1.54, 1.807) is 4.90 Å². The molecule has 0 saturated heterocycles. The molecule has 1 fully saturated rings. The number of carbonyl (C=O) groups excluding carboxylic acids is 1. The van der Waals surface area contributed by atoms with Crippen molar-refractivity contribution >= 4 is 29.3 Å². The van der Waals surface area contributed by atoms with Crippen molar-refractivity contribution in [3.8, 4) is 0 Å². The first kappa shape index (κ1) is 22.7. The van der Waals surface area contributed by atoms with Gasteiger partial charge in [-0.3, -0.25) is 9.69 Å². The molecule has 0 radical (unpaired) electrons. The van der Waals surface area contributed by atoms with Gasteiger partial charge in [0.05, 0.1) is 24.0 Å². The summed E-state index contributed by atoms with van der Waals surface area (Å²) in [6.45, 7) is 0.358. The van der Waals surface area contributed by atoms with Gasteiger partial charge < -0.3 is 21.5 Å². The Morgan fingerprint density at radius 3 is 2.61 bits per heavy atom. The predicted molar refractivity (Wildman–Crippen MR) is 113 cm³/mol. The van der Waals surface area contributed by atoms with Crippen LogP contribution in [-0.2, 0) is 15.7 Å². The van der Waals surface area contributed by atoms with Gasteiger partial charge in [0, 0.05) is 13.0 Å². The average molecular weight is 440 g/mol. The quantitative estimate of drug-likeness (QED) is 0.462. The molecule has 1 aromatic carbocycles. The highest BCUT2D eigenvalue weighted by Gasteiger charge is 2.44. The molecule has 8 nitrogen and oxygen atoms in total. The number of alkyl halides is 3. The highest BCUT2D eigenvalue weighted by atomic mass is 19.4. The molecule has 0 amide bonds. The molecular formula is C20H27F3N6O2. The van der Waals surface area contributed by atoms with Crippen LogP contribution in [0.2, 0.25) is 0 Å². The summed E-state index contributed by atoms with van der Waals surface area (Å²) in [6, 6.07) is 3.43. The monoisotopic (exact) mass is 440 g/mol. The number of halogens is 3. The third-order valence-electron chi connectivity index (χ3n) is 5.52. The standard InChI is InChI=1S/C20H27F3N6O2/c1-31-16(30)6-5-11-26-14-8-7-13(20(21,22)23)12-15(14)29-18(25)27-17(24)28-19(29)9-3-2-4-10-19/h7-8,12,26H,2-6,9-11H2,1H3,(H4,24,25,27,28). The van der Waals surface area contributed by atoms with Gasteiger partial charge >= 0.3 is 12.1 Å². The lowest BCUT2D eigenvalue weighted by Crippen LogP contribution is -2.58. The van der Waals surface area contributed by atoms with Crippen LogP contribution in [0.4, 0.5) is 24.5 Å². The summed E-state index contributed by atoms with van der Waals surface area (Å²) in [5, 5.41) is 3.12. The molecule has 170 valence electrons. The smallest absolute Gasteiger partial charge is 0.416 e. The Morgan fingerprint density at radius 1 is 1.26 bits per heavy atom. The fourth-order valence-corrected chi connectivity index (χ4v) is 4.07. The minimum atomic E-state index is -4.53. The van der Waals surface area contributed by atoms with Crippen LogP contribution in [0, 0.1) is 0 Å². The molecule has 3 rings (SSSR count). The first-order chi connectivity index (χ1) is 14.7. The Labute approximate surface area is 178 Å². The molecule has 2 aliphatic rings. The maximum Gasteiger partial charge on any atom is 0.416 e. The van der Waals surface area contributed by atoms with Crippen molar-refractivity contribution in [3.05, 3.63) is 23.8 Å². The number of carbonyl (C=O) groups is 1. The number of anilines is 2. The van der Waals surface area contributed by atoms with Crippen molar-refractivity contribution in [1.29, 1.82) is 0 Å². The lowest BCUT2D eigenvalue weighted by molar-refractivity contribution is -0.140. The minimum absolute atomic E-state index is 0.00587. The lowest BCUT2D eigenvalue weighted by Gasteiger charge is -2.46. The summed E-state index contributed by atoms with van der Waals surface area (Å²) in [7, 11) is 1.30. The molecular weight excluding hydrogens is 413 g/mol. The highest BCUT2D eigenvalue weighted by molar-refractivity contribution is 6.07. The zero-order valence-corrected chi connectivity index (χ0v) is 17.3. The van der Waals surface area contributed by atoms with Crippen molar-refractivity contribution in [3.63, 3.8) is 0 Å². The Bertz CT molecular complexity index is 878. The average Bonchev–Trinajstić information content (AvgIpc) is 2.70. The maximum atomic E-state index is 13.5. The van der Waals surface area contributed by atoms with Gasteiger partial charge in [0.2, 0.25) is 11.9 Å². The number of guanidine groups is 2. The van der Waals surface area contributed by atoms with Gasteiger partial charge in [-0.25, -0.2) is 4.99 Å². The van der Waals surface area contributed by atoms with Crippen LogP contribution in [0.5, 0.6) is 0 Å². The second-order valence-corrected chi connectivity index (χ2v) is 7.65. The first-order valence-electron chi connectivity index (χ1n) is 10.2. The number of nitrogens with zero attached hydrogens (tertiary/aromatic N) is 3. The highest BCUT2D eigenvalue weighted by Crippen LogP contribution is 2.43. The lowest BCUT2D eigenvalue weighted by atomic mass is 9.87. The van der Waals surface area contributed by atoms with E-state index in [9.17, 15) is 18.0 Å². The molecule has 0 aromatic heterocycles. The second kappa shape index (κ2) is 9.03. The summed E-state index contributed by atoms with van der Waals surface area (Å²) in [5.74, 6) is -0.325. The molecule has 1 aromatic rings. The van der Waals surface area contributed by atoms with E-state index in [1.807, 2.05) is 0 Å². The van der Waals surface area contributed by atoms with E-state index in [1.165, 1.54) is 13.2 Å². The molecule has 1 spiro atoms. The fourth-order valence-electron chi connectivity index (χ4n) is 4.07. The summed E-state index contributed by atoms with van der Waals surface area (Å²) in [5.41, 5.74) is 11.1. The van der Waals surface area contributed by atoms with Gasteiger partial charge in [-0.2, -0.15) is 18.2 Å². The van der Waals surface area contributed by atoms with Crippen molar-refractivity contribution in [1.82, 2.24) is 0 Å². The van der Waals surface area contributed by atoms with Crippen LogP contribution in [0.15, 0.2) is 28.2 Å². The van der Waals surface area contributed by atoms with E-state index in [2.05, 4.69) is 20.0 Å². The van der Waals surface area contributed by atoms with Crippen LogP contribution in [0.25, 0.3) is 0 Å². The van der Waals surface area contributed by atoms with Crippen LogP contribution in [-0.4, -0.2) is 37.2 Å². The molecule has 31 heavy (non-hydrogen) atoms. The number of rotatable bonds is 6. The Hall–Kier alpha value is -2.98. The summed E-state index contributed by atoms with van der Waals surface area (Å²) in [4.78, 5) is 21.5. The Kier molecular flexibility index (Phi) is 6.61. The zero-order chi connectivity index (χ0) is 22.6. The molecule has 0 atom stereocenters. The topological polar surface area (TPSA) is 118 Å². The van der Waals surface area contributed by atoms with Crippen LogP contribution in [0.3, 0.4) is 0 Å². The molecule has 1 saturated carbocycles. The molecule has 1 heterocycles. The fraction of sp³-hybridized carbons (Fsp3) is 0.550. The SMILES string of the molecule is COC(=O)CCCNc1ccc(C(F)(F)F)cc1N1C(N)=NC(N)=NC12CCCCC2. The van der Waals surface area contributed by atoms with Gasteiger partial charge in [-0.1, -0.05) is 6.42 Å². The second-order valence-electron chi connectivity index (χ2n) is 7.65. The van der Waals surface area contributed by atoms with E-state index >= 15 is 0 Å². The predicted octanol–water partition coefficient (Wildman–Crippen LogP) is 3.18. The van der Waals surface area contributed by atoms with Gasteiger partial charge in [-0.15, -0.1) is 0 Å². The van der Waals surface area contributed by atoms with Gasteiger partial charge in [0.1, 0.15) is 5.66 Å². The number of benzene rings is 1. The van der Waals surface area contributed by atoms with Crippen LogP contribution in [0.1, 0.15) is 50.5 Å². The van der Waals surface area contributed by atoms with Gasteiger partial charge in [-0.05, 0) is 50.3 Å². The molecule has 11 heteroatoms. The van der Waals surface area contributed by atoms with Crippen molar-refractivity contribution in [2.45, 2.75) is 56.8 Å². The number of hydrogen-bond donors (Lipinski definition) is 3. The van der Waals surface area contributed by atoms with E-state index < -0.39 is 17.4 Å². The van der Waals surface area contributed by atoms with E-state index in [-0.39, 0.29) is 30.0 Å². The number of ether oxygens (including phenoxy) is 1. The number of nitrogens with two attached hydrogens (primary N) is 2. The third kappa shape index (κ3) is 5.02. The summed E-state index contributed by atoms with van der Waals surface area (Å²) in [6.07, 6.45) is 0.0163. The van der Waals surface area contributed by atoms with Crippen molar-refractivity contribution in [2.24, 2.45) is 21.5 Å². The van der Waals surface area contributed by atoms with E-state index in [4.69, 9.17) is 11.5 Å². The number of aliphatic imine (C=N–C) groups is 2. The number of esters is 1.